The predicted octanol–water partition coefficient (Wildman–Crippen LogP) is 4.88. The maximum Gasteiger partial charge on any atom is 0.466 e. The van der Waals surface area contributed by atoms with Crippen molar-refractivity contribution in [2.45, 2.75) is 58.1 Å². The van der Waals surface area contributed by atoms with Gasteiger partial charge in [-0.25, -0.2) is 0 Å². The highest BCUT2D eigenvalue weighted by atomic mass is 79.9. The third-order valence-corrected chi connectivity index (χ3v) is 5.86. The molecule has 0 aromatic heterocycles. The van der Waals surface area contributed by atoms with Gasteiger partial charge in [0.05, 0.1) is 24.2 Å². The summed E-state index contributed by atoms with van der Waals surface area (Å²) < 4.78 is 19.4. The standard InChI is InChI=1S/C17H23BBr2O4/c1-6-22-15(21)10-13(12-9-11(19)7-8-14(12)20)18-23-16(2,3)17(4,5)24-18/h7-9,13H,6,10H2,1-5H3. The quantitative estimate of drug-likeness (QED) is 0.463. The van der Waals surface area contributed by atoms with Crippen LogP contribution in [0.3, 0.4) is 0 Å². The Hall–Kier alpha value is -0.365. The van der Waals surface area contributed by atoms with Crippen LogP contribution >= 0.6 is 31.9 Å². The molecule has 1 aliphatic rings. The van der Waals surface area contributed by atoms with Gasteiger partial charge in [0.15, 0.2) is 0 Å². The summed E-state index contributed by atoms with van der Waals surface area (Å²) in [4.78, 5) is 12.1. The van der Waals surface area contributed by atoms with E-state index in [2.05, 4.69) is 31.9 Å². The largest absolute Gasteiger partial charge is 0.466 e. The zero-order chi connectivity index (χ0) is 18.1. The van der Waals surface area contributed by atoms with E-state index >= 15 is 0 Å². The number of carbonyl (C=O) groups is 1. The van der Waals surface area contributed by atoms with Crippen molar-refractivity contribution in [1.29, 1.82) is 0 Å². The van der Waals surface area contributed by atoms with Crippen LogP contribution in [0.5, 0.6) is 0 Å². The van der Waals surface area contributed by atoms with E-state index in [4.69, 9.17) is 14.0 Å². The SMILES string of the molecule is CCOC(=O)CC(B1OC(C)(C)C(C)(C)O1)c1cc(Br)ccc1Br. The molecule has 1 saturated heterocycles. The van der Waals surface area contributed by atoms with Crippen LogP contribution in [0.25, 0.3) is 0 Å². The molecule has 1 aromatic carbocycles. The van der Waals surface area contributed by atoms with Crippen molar-refractivity contribution < 1.29 is 18.8 Å². The molecule has 132 valence electrons. The fraction of sp³-hybridized carbons (Fsp3) is 0.588. The fourth-order valence-electron chi connectivity index (χ4n) is 2.60. The van der Waals surface area contributed by atoms with Crippen molar-refractivity contribution in [3.63, 3.8) is 0 Å². The monoisotopic (exact) mass is 460 g/mol. The molecule has 0 aliphatic carbocycles. The molecule has 1 fully saturated rings. The van der Waals surface area contributed by atoms with Crippen LogP contribution in [0.1, 0.15) is 52.4 Å². The molecule has 1 aromatic rings. The second kappa shape index (κ2) is 7.48. The lowest BCUT2D eigenvalue weighted by Gasteiger charge is -2.32. The van der Waals surface area contributed by atoms with Crippen molar-refractivity contribution in [1.82, 2.24) is 0 Å². The molecule has 1 atom stereocenters. The number of hydrogen-bond acceptors (Lipinski definition) is 4. The molecule has 0 radical (unpaired) electrons. The van der Waals surface area contributed by atoms with E-state index in [9.17, 15) is 4.79 Å². The molecule has 1 unspecified atom stereocenters. The molecule has 7 heteroatoms. The average molecular weight is 462 g/mol. The predicted molar refractivity (Wildman–Crippen MR) is 102 cm³/mol. The van der Waals surface area contributed by atoms with Crippen LogP contribution in [0.4, 0.5) is 0 Å². The molecule has 1 aliphatic heterocycles. The van der Waals surface area contributed by atoms with Gasteiger partial charge in [-0.3, -0.25) is 4.79 Å². The summed E-state index contributed by atoms with van der Waals surface area (Å²) in [5.41, 5.74) is 0.0440. The van der Waals surface area contributed by atoms with Crippen molar-refractivity contribution in [3.8, 4) is 0 Å². The van der Waals surface area contributed by atoms with Crippen LogP contribution in [0, 0.1) is 0 Å². The molecule has 0 spiro atoms. The lowest BCUT2D eigenvalue weighted by atomic mass is 9.66. The second-order valence-electron chi connectivity index (χ2n) is 6.91. The zero-order valence-electron chi connectivity index (χ0n) is 14.7. The molecule has 0 N–H and O–H groups in total. The topological polar surface area (TPSA) is 44.8 Å². The van der Waals surface area contributed by atoms with Gasteiger partial charge in [-0.05, 0) is 58.4 Å². The van der Waals surface area contributed by atoms with Gasteiger partial charge in [-0.2, -0.15) is 0 Å². The molecule has 4 nitrogen and oxygen atoms in total. The molecular formula is C17H23BBr2O4. The summed E-state index contributed by atoms with van der Waals surface area (Å²) in [5, 5.41) is 0. The molecule has 0 bridgehead atoms. The van der Waals surface area contributed by atoms with E-state index in [1.54, 1.807) is 6.92 Å². The van der Waals surface area contributed by atoms with Crippen LogP contribution in [-0.2, 0) is 18.8 Å². The maximum absolute atomic E-state index is 12.1. The number of halogens is 2. The molecular weight excluding hydrogens is 439 g/mol. The average Bonchev–Trinajstić information content (AvgIpc) is 2.68. The van der Waals surface area contributed by atoms with Gasteiger partial charge in [-0.1, -0.05) is 31.9 Å². The minimum atomic E-state index is -0.523. The minimum absolute atomic E-state index is 0.194. The molecule has 24 heavy (non-hydrogen) atoms. The summed E-state index contributed by atoms with van der Waals surface area (Å²) in [5.74, 6) is -0.527. The summed E-state index contributed by atoms with van der Waals surface area (Å²) in [6.45, 7) is 10.2. The summed E-state index contributed by atoms with van der Waals surface area (Å²) in [6, 6.07) is 5.88. The van der Waals surface area contributed by atoms with Crippen molar-refractivity contribution in [2.75, 3.05) is 6.61 Å². The Labute approximate surface area is 161 Å². The Morgan fingerprint density at radius 2 is 1.79 bits per heavy atom. The molecule has 2 rings (SSSR count). The summed E-state index contributed by atoms with van der Waals surface area (Å²) in [7, 11) is -0.523. The lowest BCUT2D eigenvalue weighted by molar-refractivity contribution is -0.143. The van der Waals surface area contributed by atoms with Crippen molar-refractivity contribution >= 4 is 44.9 Å². The lowest BCUT2D eigenvalue weighted by Crippen LogP contribution is -2.41. The molecule has 0 saturated carbocycles. The Morgan fingerprint density at radius 1 is 1.21 bits per heavy atom. The maximum atomic E-state index is 12.1. The third-order valence-electron chi connectivity index (χ3n) is 4.65. The van der Waals surface area contributed by atoms with Gasteiger partial charge in [0.1, 0.15) is 0 Å². The van der Waals surface area contributed by atoms with Crippen molar-refractivity contribution in [3.05, 3.63) is 32.7 Å². The zero-order valence-corrected chi connectivity index (χ0v) is 17.9. The van der Waals surface area contributed by atoms with Crippen LogP contribution in [-0.4, -0.2) is 30.9 Å². The number of hydrogen-bond donors (Lipinski definition) is 0. The highest BCUT2D eigenvalue weighted by molar-refractivity contribution is 9.11. The number of ether oxygens (including phenoxy) is 1. The highest BCUT2D eigenvalue weighted by Gasteiger charge is 2.54. The van der Waals surface area contributed by atoms with E-state index in [-0.39, 0.29) is 18.2 Å². The first kappa shape index (κ1) is 20.0. The highest BCUT2D eigenvalue weighted by Crippen LogP contribution is 2.43. The number of carbonyl (C=O) groups excluding carboxylic acids is 1. The van der Waals surface area contributed by atoms with E-state index in [0.29, 0.717) is 6.61 Å². The molecule has 1 heterocycles. The van der Waals surface area contributed by atoms with Gasteiger partial charge >= 0.3 is 13.1 Å². The van der Waals surface area contributed by atoms with E-state index in [1.165, 1.54) is 0 Å². The second-order valence-corrected chi connectivity index (χ2v) is 8.68. The first-order chi connectivity index (χ1) is 11.1. The Bertz CT molecular complexity index is 603. The Morgan fingerprint density at radius 3 is 2.33 bits per heavy atom. The van der Waals surface area contributed by atoms with Gasteiger partial charge in [0.2, 0.25) is 0 Å². The van der Waals surface area contributed by atoms with Crippen LogP contribution in [0.15, 0.2) is 27.1 Å². The van der Waals surface area contributed by atoms with Gasteiger partial charge in [-0.15, -0.1) is 0 Å². The van der Waals surface area contributed by atoms with Gasteiger partial charge in [0.25, 0.3) is 0 Å². The van der Waals surface area contributed by atoms with Crippen molar-refractivity contribution in [2.24, 2.45) is 0 Å². The number of rotatable bonds is 5. The first-order valence-corrected chi connectivity index (χ1v) is 9.62. The van der Waals surface area contributed by atoms with Gasteiger partial charge in [0, 0.05) is 14.8 Å². The van der Waals surface area contributed by atoms with Crippen LogP contribution in [0.2, 0.25) is 0 Å². The number of esters is 1. The van der Waals surface area contributed by atoms with E-state index in [0.717, 1.165) is 14.5 Å². The summed E-state index contributed by atoms with van der Waals surface area (Å²) in [6.07, 6.45) is 0.194. The van der Waals surface area contributed by atoms with E-state index in [1.807, 2.05) is 45.9 Å². The van der Waals surface area contributed by atoms with E-state index < -0.39 is 18.3 Å². The third kappa shape index (κ3) is 4.24. The fourth-order valence-corrected chi connectivity index (χ4v) is 3.52. The van der Waals surface area contributed by atoms with Crippen LogP contribution < -0.4 is 0 Å². The smallest absolute Gasteiger partial charge is 0.466 e. The normalized spacial score (nSPS) is 20.0. The Kier molecular flexibility index (Phi) is 6.22. The molecule has 0 amide bonds. The first-order valence-electron chi connectivity index (χ1n) is 8.03. The minimum Gasteiger partial charge on any atom is -0.466 e. The number of benzene rings is 1. The Balaban J connectivity index is 2.37. The van der Waals surface area contributed by atoms with Gasteiger partial charge < -0.3 is 14.0 Å². The summed E-state index contributed by atoms with van der Waals surface area (Å²) >= 11 is 7.08.